The molecule has 0 radical (unpaired) electrons. The van der Waals surface area contributed by atoms with Crippen LogP contribution in [0, 0.1) is 6.92 Å². The maximum absolute atomic E-state index is 12.3. The van der Waals surface area contributed by atoms with Crippen LogP contribution in [0.3, 0.4) is 0 Å². The van der Waals surface area contributed by atoms with Gasteiger partial charge in [0.05, 0.1) is 13.6 Å². The maximum Gasteiger partial charge on any atom is 0.279 e. The quantitative estimate of drug-likeness (QED) is 0.769. The van der Waals surface area contributed by atoms with Crippen LogP contribution in [-0.4, -0.2) is 43.9 Å². The van der Waals surface area contributed by atoms with Crippen molar-refractivity contribution in [2.75, 3.05) is 32.5 Å². The van der Waals surface area contributed by atoms with E-state index in [0.717, 1.165) is 4.90 Å². The molecule has 7 heteroatoms. The summed E-state index contributed by atoms with van der Waals surface area (Å²) in [5.41, 5.74) is 1.89. The van der Waals surface area contributed by atoms with Crippen LogP contribution in [0.25, 0.3) is 0 Å². The third-order valence-corrected chi connectivity index (χ3v) is 5.08. The van der Waals surface area contributed by atoms with Crippen molar-refractivity contribution >= 4 is 40.4 Å². The zero-order valence-electron chi connectivity index (χ0n) is 14.6. The molecule has 0 fully saturated rings. The largest absolute Gasteiger partial charge is 0.336 e. The Labute approximate surface area is 157 Å². The summed E-state index contributed by atoms with van der Waals surface area (Å²) >= 11 is 7.47. The smallest absolute Gasteiger partial charge is 0.279 e. The molecule has 2 amide bonds. The molecule has 0 saturated heterocycles. The number of likely N-dealkylation sites (N-methyl/N-ethyl adjacent to an activating group) is 2. The third-order valence-electron chi connectivity index (χ3n) is 3.82. The van der Waals surface area contributed by atoms with Gasteiger partial charge in [0.15, 0.2) is 13.1 Å². The van der Waals surface area contributed by atoms with Crippen LogP contribution in [-0.2, 0) is 16.1 Å². The van der Waals surface area contributed by atoms with Gasteiger partial charge in [-0.15, -0.1) is 11.3 Å². The summed E-state index contributed by atoms with van der Waals surface area (Å²) in [4.78, 5) is 28.1. The van der Waals surface area contributed by atoms with E-state index in [4.69, 9.17) is 11.6 Å². The van der Waals surface area contributed by atoms with Crippen molar-refractivity contribution in [3.8, 4) is 0 Å². The van der Waals surface area contributed by atoms with E-state index in [1.54, 1.807) is 47.5 Å². The molecule has 2 aromatic rings. The standard InChI is InChI=1S/C18H22ClN3O2S/c1-13-8-9-25-16(13)10-22(3)18(24)12-21(2)11-17(23)20-15-6-4-14(19)5-7-15/h4-9H,10-12H2,1-3H3,(H,20,23)/p+1. The fourth-order valence-electron chi connectivity index (χ4n) is 2.34. The van der Waals surface area contributed by atoms with Gasteiger partial charge < -0.3 is 15.1 Å². The highest BCUT2D eigenvalue weighted by Crippen LogP contribution is 2.17. The van der Waals surface area contributed by atoms with Gasteiger partial charge in [-0.2, -0.15) is 0 Å². The summed E-state index contributed by atoms with van der Waals surface area (Å²) in [6.07, 6.45) is 0. The highest BCUT2D eigenvalue weighted by atomic mass is 35.5. The average molecular weight is 381 g/mol. The first-order valence-electron chi connectivity index (χ1n) is 7.99. The molecule has 2 rings (SSSR count). The minimum atomic E-state index is -0.135. The molecule has 0 saturated carbocycles. The number of amides is 2. The van der Waals surface area contributed by atoms with E-state index in [9.17, 15) is 9.59 Å². The van der Waals surface area contributed by atoms with Crippen LogP contribution in [0.2, 0.25) is 5.02 Å². The Bertz CT molecular complexity index is 730. The Balaban J connectivity index is 1.79. The van der Waals surface area contributed by atoms with Crippen LogP contribution in [0.4, 0.5) is 5.69 Å². The molecular formula is C18H23ClN3O2S+. The van der Waals surface area contributed by atoms with E-state index in [2.05, 4.69) is 11.4 Å². The van der Waals surface area contributed by atoms with Crippen molar-refractivity contribution in [3.63, 3.8) is 0 Å². The number of carbonyl (C=O) groups is 2. The second-order valence-electron chi connectivity index (χ2n) is 6.14. The zero-order valence-corrected chi connectivity index (χ0v) is 16.2. The van der Waals surface area contributed by atoms with Gasteiger partial charge in [-0.05, 0) is 48.2 Å². The normalized spacial score (nSPS) is 11.8. The Morgan fingerprint density at radius 3 is 2.48 bits per heavy atom. The number of carbonyl (C=O) groups excluding carboxylic acids is 2. The fraction of sp³-hybridized carbons (Fsp3) is 0.333. The van der Waals surface area contributed by atoms with Crippen LogP contribution in [0.15, 0.2) is 35.7 Å². The lowest BCUT2D eigenvalue weighted by atomic mass is 10.3. The summed E-state index contributed by atoms with van der Waals surface area (Å²) in [5, 5.41) is 5.45. The fourth-order valence-corrected chi connectivity index (χ4v) is 3.42. The molecule has 25 heavy (non-hydrogen) atoms. The number of nitrogens with zero attached hydrogens (tertiary/aromatic N) is 1. The molecule has 1 unspecified atom stereocenters. The van der Waals surface area contributed by atoms with Gasteiger partial charge in [0.25, 0.3) is 11.8 Å². The van der Waals surface area contributed by atoms with Crippen molar-refractivity contribution in [2.45, 2.75) is 13.5 Å². The Hall–Kier alpha value is -1.89. The Kier molecular flexibility index (Phi) is 6.99. The van der Waals surface area contributed by atoms with Gasteiger partial charge in [-0.1, -0.05) is 11.6 Å². The first-order chi connectivity index (χ1) is 11.8. The Morgan fingerprint density at radius 1 is 1.20 bits per heavy atom. The molecule has 1 aromatic heterocycles. The summed E-state index contributed by atoms with van der Waals surface area (Å²) in [5.74, 6) is -0.117. The first-order valence-corrected chi connectivity index (χ1v) is 9.24. The minimum Gasteiger partial charge on any atom is -0.336 e. The third kappa shape index (κ3) is 6.16. The number of benzene rings is 1. The van der Waals surface area contributed by atoms with Gasteiger partial charge in [-0.3, -0.25) is 9.59 Å². The molecule has 1 aromatic carbocycles. The molecule has 2 N–H and O–H groups in total. The van der Waals surface area contributed by atoms with E-state index >= 15 is 0 Å². The number of rotatable bonds is 7. The van der Waals surface area contributed by atoms with E-state index < -0.39 is 0 Å². The number of hydrogen-bond acceptors (Lipinski definition) is 3. The van der Waals surface area contributed by atoms with Crippen LogP contribution in [0.5, 0.6) is 0 Å². The van der Waals surface area contributed by atoms with Gasteiger partial charge in [0, 0.05) is 22.6 Å². The predicted octanol–water partition coefficient (Wildman–Crippen LogP) is 1.82. The molecule has 0 spiro atoms. The van der Waals surface area contributed by atoms with Crippen molar-refractivity contribution in [1.29, 1.82) is 0 Å². The molecule has 1 atom stereocenters. The van der Waals surface area contributed by atoms with Crippen molar-refractivity contribution in [1.82, 2.24) is 4.90 Å². The van der Waals surface area contributed by atoms with Crippen LogP contribution in [0.1, 0.15) is 10.4 Å². The first kappa shape index (κ1) is 19.4. The van der Waals surface area contributed by atoms with E-state index in [-0.39, 0.29) is 24.9 Å². The van der Waals surface area contributed by atoms with Crippen LogP contribution < -0.4 is 10.2 Å². The molecule has 0 aliphatic carbocycles. The highest BCUT2D eigenvalue weighted by Gasteiger charge is 2.18. The number of halogens is 1. The molecule has 0 bridgehead atoms. The molecule has 5 nitrogen and oxygen atoms in total. The predicted molar refractivity (Wildman–Crippen MR) is 102 cm³/mol. The molecule has 0 aliphatic heterocycles. The number of nitrogens with one attached hydrogen (secondary N) is 2. The number of quaternary nitrogens is 1. The summed E-state index contributed by atoms with van der Waals surface area (Å²) < 4.78 is 0. The lowest BCUT2D eigenvalue weighted by Gasteiger charge is -2.19. The molecule has 1 heterocycles. The Morgan fingerprint density at radius 2 is 1.88 bits per heavy atom. The monoisotopic (exact) mass is 380 g/mol. The van der Waals surface area contributed by atoms with Gasteiger partial charge in [-0.25, -0.2) is 0 Å². The lowest BCUT2D eigenvalue weighted by molar-refractivity contribution is -0.862. The van der Waals surface area contributed by atoms with Gasteiger partial charge in [0.2, 0.25) is 0 Å². The van der Waals surface area contributed by atoms with Crippen molar-refractivity contribution in [3.05, 3.63) is 51.2 Å². The number of hydrogen-bond donors (Lipinski definition) is 2. The van der Waals surface area contributed by atoms with Crippen LogP contribution >= 0.6 is 22.9 Å². The number of aryl methyl sites for hydroxylation is 1. The summed E-state index contributed by atoms with van der Waals surface area (Å²) in [6.45, 7) is 3.14. The highest BCUT2D eigenvalue weighted by molar-refractivity contribution is 7.10. The average Bonchev–Trinajstić information content (AvgIpc) is 2.94. The minimum absolute atomic E-state index is 0.0181. The van der Waals surface area contributed by atoms with E-state index in [1.807, 2.05) is 19.4 Å². The maximum atomic E-state index is 12.3. The molecule has 134 valence electrons. The zero-order chi connectivity index (χ0) is 18.4. The summed E-state index contributed by atoms with van der Waals surface area (Å²) in [6, 6.07) is 8.99. The lowest BCUT2D eigenvalue weighted by Crippen LogP contribution is -3.11. The van der Waals surface area contributed by atoms with Gasteiger partial charge in [0.1, 0.15) is 0 Å². The second kappa shape index (κ2) is 8.99. The SMILES string of the molecule is Cc1ccsc1CN(C)C(=O)C[NH+](C)CC(=O)Nc1ccc(Cl)cc1. The summed E-state index contributed by atoms with van der Waals surface area (Å²) in [7, 11) is 3.63. The van der Waals surface area contributed by atoms with Gasteiger partial charge >= 0.3 is 0 Å². The van der Waals surface area contributed by atoms with E-state index in [1.165, 1.54) is 10.4 Å². The van der Waals surface area contributed by atoms with E-state index in [0.29, 0.717) is 17.3 Å². The number of thiophene rings is 1. The molecule has 0 aliphatic rings. The number of anilines is 1. The molecular weight excluding hydrogens is 358 g/mol. The van der Waals surface area contributed by atoms with Crippen molar-refractivity contribution < 1.29 is 14.5 Å². The second-order valence-corrected chi connectivity index (χ2v) is 7.58. The van der Waals surface area contributed by atoms with Crippen molar-refractivity contribution in [2.24, 2.45) is 0 Å². The topological polar surface area (TPSA) is 53.9 Å².